The molecular weight excluding hydrogens is 414 g/mol. The zero-order valence-electron chi connectivity index (χ0n) is 15.2. The second kappa shape index (κ2) is 9.24. The number of benzene rings is 1. The molecule has 1 fully saturated rings. The number of aliphatic hydroxyl groups is 2. The number of aliphatic hydroxyl groups excluding tert-OH is 2. The minimum absolute atomic E-state index is 0.0533. The van der Waals surface area contributed by atoms with Crippen LogP contribution in [0.5, 0.6) is 0 Å². The van der Waals surface area contributed by atoms with Crippen molar-refractivity contribution < 1.29 is 32.6 Å². The maximum atomic E-state index is 13.9. The van der Waals surface area contributed by atoms with Gasteiger partial charge in [0.1, 0.15) is 18.9 Å². The lowest BCUT2D eigenvalue weighted by molar-refractivity contribution is -0.126. The number of rotatable bonds is 8. The molecular formula is C18H21F4N3O3S. The van der Waals surface area contributed by atoms with Crippen LogP contribution in [0.2, 0.25) is 0 Å². The van der Waals surface area contributed by atoms with E-state index >= 15 is 0 Å². The zero-order valence-corrected chi connectivity index (χ0v) is 16.1. The van der Waals surface area contributed by atoms with Gasteiger partial charge in [-0.1, -0.05) is 17.3 Å². The van der Waals surface area contributed by atoms with Gasteiger partial charge in [-0.05, 0) is 17.0 Å². The van der Waals surface area contributed by atoms with Gasteiger partial charge in [-0.2, -0.15) is 13.2 Å². The van der Waals surface area contributed by atoms with Crippen LogP contribution < -0.4 is 10.6 Å². The molecule has 2 aromatic rings. The number of thiophene rings is 1. The first kappa shape index (κ1) is 21.8. The van der Waals surface area contributed by atoms with Crippen LogP contribution in [0.4, 0.5) is 23.2 Å². The summed E-state index contributed by atoms with van der Waals surface area (Å²) in [7, 11) is 0. The highest BCUT2D eigenvalue weighted by Crippen LogP contribution is 2.39. The van der Waals surface area contributed by atoms with Crippen molar-refractivity contribution in [3.8, 4) is 0 Å². The molecule has 29 heavy (non-hydrogen) atoms. The van der Waals surface area contributed by atoms with Gasteiger partial charge in [0, 0.05) is 13.1 Å². The second-order valence-corrected chi connectivity index (χ2v) is 7.76. The largest absolute Gasteiger partial charge is 0.394 e. The van der Waals surface area contributed by atoms with Gasteiger partial charge in [-0.3, -0.25) is 0 Å². The van der Waals surface area contributed by atoms with Gasteiger partial charge >= 0.3 is 6.18 Å². The van der Waals surface area contributed by atoms with E-state index in [9.17, 15) is 22.7 Å². The molecule has 11 heteroatoms. The predicted molar refractivity (Wildman–Crippen MR) is 103 cm³/mol. The molecule has 3 atom stereocenters. The number of nitrogens with zero attached hydrogens (tertiary/aromatic N) is 1. The smallest absolute Gasteiger partial charge is 0.393 e. The van der Waals surface area contributed by atoms with E-state index in [0.29, 0.717) is 22.3 Å². The number of oxime groups is 1. The zero-order chi connectivity index (χ0) is 21.0. The Morgan fingerprint density at radius 2 is 2.17 bits per heavy atom. The van der Waals surface area contributed by atoms with E-state index in [0.717, 1.165) is 17.6 Å². The number of alkyl halides is 4. The SMILES string of the molecule is OCC(O)CO/N=C/c1sc2c(N[C@@H]3CNC[C@@H]3F)cccc2c1CC(F)(F)F. The number of fused-ring (bicyclic) bond motifs is 1. The molecule has 1 aromatic carbocycles. The summed E-state index contributed by atoms with van der Waals surface area (Å²) >= 11 is 1.09. The molecule has 1 aliphatic rings. The summed E-state index contributed by atoms with van der Waals surface area (Å²) in [6.07, 6.45) is -6.63. The van der Waals surface area contributed by atoms with Gasteiger partial charge in [-0.15, -0.1) is 11.3 Å². The van der Waals surface area contributed by atoms with E-state index in [1.54, 1.807) is 18.2 Å². The van der Waals surface area contributed by atoms with Crippen LogP contribution in [-0.4, -0.2) is 67.2 Å². The highest BCUT2D eigenvalue weighted by atomic mass is 32.1. The average molecular weight is 435 g/mol. The normalized spacial score (nSPS) is 21.2. The summed E-state index contributed by atoms with van der Waals surface area (Å²) in [4.78, 5) is 5.09. The van der Waals surface area contributed by atoms with Crippen LogP contribution in [0.25, 0.3) is 10.1 Å². The van der Waals surface area contributed by atoms with Gasteiger partial charge < -0.3 is 25.7 Å². The molecule has 0 spiro atoms. The van der Waals surface area contributed by atoms with E-state index in [-0.39, 0.29) is 23.6 Å². The summed E-state index contributed by atoms with van der Waals surface area (Å²) in [6.45, 7) is -0.149. The summed E-state index contributed by atoms with van der Waals surface area (Å²) in [5.41, 5.74) is 0.612. The number of hydrogen-bond donors (Lipinski definition) is 4. The van der Waals surface area contributed by atoms with E-state index < -0.39 is 37.5 Å². The lowest BCUT2D eigenvalue weighted by Gasteiger charge is -2.16. The minimum atomic E-state index is -4.42. The monoisotopic (exact) mass is 435 g/mol. The fraction of sp³-hybridized carbons (Fsp3) is 0.500. The molecule has 3 rings (SSSR count). The Hall–Kier alpha value is -1.95. The van der Waals surface area contributed by atoms with Crippen LogP contribution >= 0.6 is 11.3 Å². The molecule has 0 amide bonds. The number of anilines is 1. The Bertz CT molecular complexity index is 859. The summed E-state index contributed by atoms with van der Waals surface area (Å²) in [5.74, 6) is 0. The third-order valence-electron chi connectivity index (χ3n) is 4.43. The van der Waals surface area contributed by atoms with Crippen molar-refractivity contribution in [1.29, 1.82) is 0 Å². The lowest BCUT2D eigenvalue weighted by atomic mass is 10.1. The minimum Gasteiger partial charge on any atom is -0.394 e. The van der Waals surface area contributed by atoms with Gasteiger partial charge in [0.15, 0.2) is 0 Å². The fourth-order valence-corrected chi connectivity index (χ4v) is 4.20. The van der Waals surface area contributed by atoms with Gasteiger partial charge in [0.25, 0.3) is 0 Å². The third-order valence-corrected chi connectivity index (χ3v) is 5.65. The van der Waals surface area contributed by atoms with Crippen molar-refractivity contribution in [1.82, 2.24) is 5.32 Å². The number of nitrogens with one attached hydrogen (secondary N) is 2. The van der Waals surface area contributed by atoms with Gasteiger partial charge in [0.05, 0.1) is 40.5 Å². The van der Waals surface area contributed by atoms with Crippen molar-refractivity contribution >= 4 is 33.3 Å². The highest BCUT2D eigenvalue weighted by molar-refractivity contribution is 7.21. The van der Waals surface area contributed by atoms with Crippen molar-refractivity contribution in [3.63, 3.8) is 0 Å². The fourth-order valence-electron chi connectivity index (χ4n) is 3.04. The van der Waals surface area contributed by atoms with Crippen LogP contribution in [0.3, 0.4) is 0 Å². The van der Waals surface area contributed by atoms with E-state index in [4.69, 9.17) is 9.94 Å². The molecule has 4 N–H and O–H groups in total. The van der Waals surface area contributed by atoms with Gasteiger partial charge in [0.2, 0.25) is 0 Å². The molecule has 1 aliphatic heterocycles. The first-order valence-electron chi connectivity index (χ1n) is 8.95. The van der Waals surface area contributed by atoms with E-state index in [2.05, 4.69) is 15.8 Å². The Labute approximate surface area is 168 Å². The van der Waals surface area contributed by atoms with Crippen LogP contribution in [-0.2, 0) is 11.3 Å². The molecule has 0 radical (unpaired) electrons. The molecule has 0 bridgehead atoms. The molecule has 0 saturated carbocycles. The van der Waals surface area contributed by atoms with Crippen LogP contribution in [0.1, 0.15) is 10.4 Å². The van der Waals surface area contributed by atoms with Crippen molar-refractivity contribution in [2.75, 3.05) is 31.6 Å². The molecule has 6 nitrogen and oxygen atoms in total. The topological polar surface area (TPSA) is 86.1 Å². The molecule has 1 aromatic heterocycles. The van der Waals surface area contributed by atoms with Crippen molar-refractivity contribution in [2.24, 2.45) is 5.16 Å². The average Bonchev–Trinajstić information content (AvgIpc) is 3.22. The quantitative estimate of drug-likeness (QED) is 0.291. The lowest BCUT2D eigenvalue weighted by Crippen LogP contribution is -2.29. The van der Waals surface area contributed by atoms with Crippen LogP contribution in [0, 0.1) is 0 Å². The summed E-state index contributed by atoms with van der Waals surface area (Å²) in [6, 6.07) is 4.46. The predicted octanol–water partition coefficient (Wildman–Crippen LogP) is 2.43. The summed E-state index contributed by atoms with van der Waals surface area (Å²) in [5, 5.41) is 28.0. The second-order valence-electron chi connectivity index (χ2n) is 6.71. The molecule has 1 unspecified atom stereocenters. The Kier molecular flexibility index (Phi) is 6.93. The number of hydrogen-bond acceptors (Lipinski definition) is 7. The number of halogens is 4. The Morgan fingerprint density at radius 3 is 2.83 bits per heavy atom. The Morgan fingerprint density at radius 1 is 1.38 bits per heavy atom. The maximum Gasteiger partial charge on any atom is 0.393 e. The molecule has 160 valence electrons. The van der Waals surface area contributed by atoms with Crippen molar-refractivity contribution in [2.45, 2.75) is 30.9 Å². The standard InChI is InChI=1S/C18H21F4N3O3S/c19-13-5-23-6-15(13)25-14-3-1-2-11-12(4-18(20,21)22)16(29-17(11)14)7-24-28-9-10(27)8-26/h1-3,7,10,13,15,23,25-27H,4-6,8-9H2/b24-7+/t10?,13-,15+/m0/s1. The first-order valence-corrected chi connectivity index (χ1v) is 9.77. The van der Waals surface area contributed by atoms with Crippen molar-refractivity contribution in [3.05, 3.63) is 28.6 Å². The molecule has 2 heterocycles. The third kappa shape index (κ3) is 5.56. The first-order chi connectivity index (χ1) is 13.8. The van der Waals surface area contributed by atoms with Gasteiger partial charge in [-0.25, -0.2) is 4.39 Å². The molecule has 1 saturated heterocycles. The maximum absolute atomic E-state index is 13.9. The van der Waals surface area contributed by atoms with E-state index in [1.807, 2.05) is 0 Å². The summed E-state index contributed by atoms with van der Waals surface area (Å²) < 4.78 is 53.9. The van der Waals surface area contributed by atoms with Crippen LogP contribution in [0.15, 0.2) is 23.4 Å². The molecule has 0 aliphatic carbocycles. The highest BCUT2D eigenvalue weighted by Gasteiger charge is 2.32. The van der Waals surface area contributed by atoms with E-state index in [1.165, 1.54) is 0 Å². The Balaban J connectivity index is 1.92.